The van der Waals surface area contributed by atoms with Crippen LogP contribution >= 0.6 is 0 Å². The Hall–Kier alpha value is -3.08. The average Bonchev–Trinajstić information content (AvgIpc) is 2.93. The van der Waals surface area contributed by atoms with E-state index in [-0.39, 0.29) is 5.91 Å². The van der Waals surface area contributed by atoms with Crippen molar-refractivity contribution in [3.63, 3.8) is 0 Å². The number of hydrogen-bond acceptors (Lipinski definition) is 3. The van der Waals surface area contributed by atoms with E-state index in [1.807, 2.05) is 62.4 Å². The molecular formula is C18H18N4O. The van der Waals surface area contributed by atoms with Crippen molar-refractivity contribution in [1.82, 2.24) is 9.78 Å². The minimum absolute atomic E-state index is 0.270. The number of nitrogen functional groups attached to an aromatic ring is 1. The van der Waals surface area contributed by atoms with Gasteiger partial charge >= 0.3 is 0 Å². The standard InChI is InChI=1S/C18H18N4O/c1-12-8-9-14(10-13(12)2)21-18(23)16-11-20-22(17(16)19)15-6-4-3-5-7-15/h3-11H,19H2,1-2H3,(H,21,23). The second-order valence-electron chi connectivity index (χ2n) is 5.44. The van der Waals surface area contributed by atoms with E-state index in [1.165, 1.54) is 11.8 Å². The highest BCUT2D eigenvalue weighted by Crippen LogP contribution is 2.19. The largest absolute Gasteiger partial charge is 0.383 e. The lowest BCUT2D eigenvalue weighted by Crippen LogP contribution is -2.14. The van der Waals surface area contributed by atoms with Gasteiger partial charge < -0.3 is 11.1 Å². The fraction of sp³-hybridized carbons (Fsp3) is 0.111. The third-order valence-corrected chi connectivity index (χ3v) is 3.82. The molecule has 0 radical (unpaired) electrons. The summed E-state index contributed by atoms with van der Waals surface area (Å²) >= 11 is 0. The Morgan fingerprint density at radius 3 is 2.52 bits per heavy atom. The number of aromatic nitrogens is 2. The normalized spacial score (nSPS) is 10.5. The quantitative estimate of drug-likeness (QED) is 0.779. The van der Waals surface area contributed by atoms with Crippen molar-refractivity contribution in [3.8, 4) is 5.69 Å². The van der Waals surface area contributed by atoms with Crippen LogP contribution in [0.5, 0.6) is 0 Å². The molecule has 5 heteroatoms. The lowest BCUT2D eigenvalue weighted by molar-refractivity contribution is 0.102. The molecule has 0 saturated carbocycles. The zero-order valence-electron chi connectivity index (χ0n) is 13.1. The lowest BCUT2D eigenvalue weighted by Gasteiger charge is -2.08. The van der Waals surface area contributed by atoms with Gasteiger partial charge in [-0.1, -0.05) is 24.3 Å². The van der Waals surface area contributed by atoms with Gasteiger partial charge in [0.05, 0.1) is 11.9 Å². The average molecular weight is 306 g/mol. The van der Waals surface area contributed by atoms with Gasteiger partial charge in [0.15, 0.2) is 0 Å². The molecule has 1 heterocycles. The molecule has 0 spiro atoms. The van der Waals surface area contributed by atoms with Crippen molar-refractivity contribution >= 4 is 17.4 Å². The summed E-state index contributed by atoms with van der Waals surface area (Å²) in [6.07, 6.45) is 1.48. The number of nitrogens with one attached hydrogen (secondary N) is 1. The number of para-hydroxylation sites is 1. The number of hydrogen-bond donors (Lipinski definition) is 2. The number of anilines is 2. The summed E-state index contributed by atoms with van der Waals surface area (Å²) in [4.78, 5) is 12.4. The number of nitrogens with zero attached hydrogens (tertiary/aromatic N) is 2. The van der Waals surface area contributed by atoms with E-state index < -0.39 is 0 Å². The van der Waals surface area contributed by atoms with Gasteiger partial charge in [-0.3, -0.25) is 4.79 Å². The molecule has 0 fully saturated rings. The molecule has 0 aliphatic carbocycles. The van der Waals surface area contributed by atoms with Gasteiger partial charge in [-0.05, 0) is 49.2 Å². The van der Waals surface area contributed by atoms with Gasteiger partial charge in [-0.15, -0.1) is 0 Å². The Bertz CT molecular complexity index is 853. The molecule has 3 N–H and O–H groups in total. The molecule has 23 heavy (non-hydrogen) atoms. The number of benzene rings is 2. The van der Waals surface area contributed by atoms with Gasteiger partial charge in [-0.25, -0.2) is 4.68 Å². The maximum atomic E-state index is 12.4. The van der Waals surface area contributed by atoms with Crippen LogP contribution in [0.2, 0.25) is 0 Å². The summed E-state index contributed by atoms with van der Waals surface area (Å²) in [5, 5.41) is 7.07. The minimum Gasteiger partial charge on any atom is -0.383 e. The second kappa shape index (κ2) is 5.96. The number of carbonyl (C=O) groups excluding carboxylic acids is 1. The molecule has 0 bridgehead atoms. The molecule has 0 atom stereocenters. The molecule has 3 rings (SSSR count). The number of rotatable bonds is 3. The lowest BCUT2D eigenvalue weighted by atomic mass is 10.1. The minimum atomic E-state index is -0.270. The molecule has 2 aromatic carbocycles. The second-order valence-corrected chi connectivity index (χ2v) is 5.44. The molecule has 1 amide bonds. The SMILES string of the molecule is Cc1ccc(NC(=O)c2cnn(-c3ccccc3)c2N)cc1C. The van der Waals surface area contributed by atoms with E-state index in [1.54, 1.807) is 4.68 Å². The number of amides is 1. The van der Waals surface area contributed by atoms with Crippen LogP contribution in [0.3, 0.4) is 0 Å². The van der Waals surface area contributed by atoms with Gasteiger partial charge in [-0.2, -0.15) is 5.10 Å². The molecule has 0 saturated heterocycles. The first-order valence-electron chi connectivity index (χ1n) is 7.34. The van der Waals surface area contributed by atoms with Crippen LogP contribution in [-0.4, -0.2) is 15.7 Å². The summed E-state index contributed by atoms with van der Waals surface area (Å²) in [5.41, 5.74) is 10.3. The maximum absolute atomic E-state index is 12.4. The first kappa shape index (κ1) is 14.8. The molecule has 0 aliphatic rings. The Balaban J connectivity index is 1.86. The number of aryl methyl sites for hydroxylation is 2. The maximum Gasteiger partial charge on any atom is 0.261 e. The van der Waals surface area contributed by atoms with E-state index in [9.17, 15) is 4.79 Å². The van der Waals surface area contributed by atoms with Crippen molar-refractivity contribution in [1.29, 1.82) is 0 Å². The van der Waals surface area contributed by atoms with Gasteiger partial charge in [0.2, 0.25) is 0 Å². The first-order chi connectivity index (χ1) is 11.1. The summed E-state index contributed by atoms with van der Waals surface area (Å²) in [6, 6.07) is 15.3. The summed E-state index contributed by atoms with van der Waals surface area (Å²) in [7, 11) is 0. The smallest absolute Gasteiger partial charge is 0.261 e. The molecule has 0 aliphatic heterocycles. The predicted molar refractivity (Wildman–Crippen MR) is 91.8 cm³/mol. The zero-order chi connectivity index (χ0) is 16.4. The summed E-state index contributed by atoms with van der Waals surface area (Å²) in [6.45, 7) is 4.04. The molecule has 0 unspecified atom stereocenters. The number of nitrogens with two attached hydrogens (primary N) is 1. The molecule has 3 aromatic rings. The van der Waals surface area contributed by atoms with Crippen LogP contribution in [-0.2, 0) is 0 Å². The van der Waals surface area contributed by atoms with Crippen molar-refractivity contribution < 1.29 is 4.79 Å². The fourth-order valence-electron chi connectivity index (χ4n) is 2.33. The Kier molecular flexibility index (Phi) is 3.85. The Morgan fingerprint density at radius 2 is 1.83 bits per heavy atom. The first-order valence-corrected chi connectivity index (χ1v) is 7.34. The van der Waals surface area contributed by atoms with E-state index >= 15 is 0 Å². The summed E-state index contributed by atoms with van der Waals surface area (Å²) in [5.74, 6) is 0.0467. The predicted octanol–water partition coefficient (Wildman–Crippen LogP) is 3.32. The topological polar surface area (TPSA) is 72.9 Å². The Labute approximate surface area is 134 Å². The van der Waals surface area contributed by atoms with Gasteiger partial charge in [0.1, 0.15) is 11.4 Å². The number of carbonyl (C=O) groups is 1. The van der Waals surface area contributed by atoms with Crippen LogP contribution in [0.1, 0.15) is 21.5 Å². The molecule has 5 nitrogen and oxygen atoms in total. The van der Waals surface area contributed by atoms with E-state index in [2.05, 4.69) is 10.4 Å². The Morgan fingerprint density at radius 1 is 1.09 bits per heavy atom. The van der Waals surface area contributed by atoms with Crippen LogP contribution in [0.25, 0.3) is 5.69 Å². The van der Waals surface area contributed by atoms with Crippen molar-refractivity contribution in [2.24, 2.45) is 0 Å². The molecule has 1 aromatic heterocycles. The van der Waals surface area contributed by atoms with E-state index in [0.717, 1.165) is 16.9 Å². The molecular weight excluding hydrogens is 288 g/mol. The monoisotopic (exact) mass is 306 g/mol. The van der Waals surface area contributed by atoms with Gasteiger partial charge in [0.25, 0.3) is 5.91 Å². The fourth-order valence-corrected chi connectivity index (χ4v) is 2.33. The highest BCUT2D eigenvalue weighted by atomic mass is 16.1. The van der Waals surface area contributed by atoms with Crippen molar-refractivity contribution in [3.05, 3.63) is 71.4 Å². The van der Waals surface area contributed by atoms with Crippen LogP contribution in [0.15, 0.2) is 54.7 Å². The van der Waals surface area contributed by atoms with Crippen LogP contribution < -0.4 is 11.1 Å². The van der Waals surface area contributed by atoms with Crippen molar-refractivity contribution in [2.75, 3.05) is 11.1 Å². The molecule has 116 valence electrons. The van der Waals surface area contributed by atoms with Crippen molar-refractivity contribution in [2.45, 2.75) is 13.8 Å². The highest BCUT2D eigenvalue weighted by Gasteiger charge is 2.16. The zero-order valence-corrected chi connectivity index (χ0v) is 13.1. The highest BCUT2D eigenvalue weighted by molar-refractivity contribution is 6.07. The van der Waals surface area contributed by atoms with E-state index in [4.69, 9.17) is 5.73 Å². The third-order valence-electron chi connectivity index (χ3n) is 3.82. The van der Waals surface area contributed by atoms with Crippen LogP contribution in [0, 0.1) is 13.8 Å². The third kappa shape index (κ3) is 2.94. The van der Waals surface area contributed by atoms with Gasteiger partial charge in [0, 0.05) is 5.69 Å². The van der Waals surface area contributed by atoms with E-state index in [0.29, 0.717) is 11.4 Å². The van der Waals surface area contributed by atoms with Crippen LogP contribution in [0.4, 0.5) is 11.5 Å². The summed E-state index contributed by atoms with van der Waals surface area (Å²) < 4.78 is 1.55.